The van der Waals surface area contributed by atoms with Crippen molar-refractivity contribution in [1.82, 2.24) is 0 Å². The third-order valence-corrected chi connectivity index (χ3v) is 2.41. The molecule has 0 fully saturated rings. The molecule has 118 valence electrons. The summed E-state index contributed by atoms with van der Waals surface area (Å²) in [5.41, 5.74) is -1.95. The maximum atomic E-state index is 12.3. The van der Waals surface area contributed by atoms with Gasteiger partial charge in [-0.05, 0) is 13.0 Å². The Balaban J connectivity index is 3.42. The fourth-order valence-corrected chi connectivity index (χ4v) is 1.65. The molecule has 0 N–H and O–H groups in total. The summed E-state index contributed by atoms with van der Waals surface area (Å²) >= 11 is 0. The van der Waals surface area contributed by atoms with E-state index in [0.717, 1.165) is 0 Å². The number of alkyl halides is 3. The molecule has 0 unspecified atom stereocenters. The van der Waals surface area contributed by atoms with Crippen LogP contribution in [0.25, 0.3) is 0 Å². The number of nitro groups is 1. The van der Waals surface area contributed by atoms with E-state index in [2.05, 4.69) is 9.47 Å². The number of hydrogen-bond acceptors (Lipinski definition) is 6. The number of ether oxygens (including phenoxy) is 2. The van der Waals surface area contributed by atoms with Gasteiger partial charge in [-0.3, -0.25) is 14.9 Å². The standard InChI is InChI=1S/C12H9F3N2O5/c1-2-21-11(18)5-7-8(6-16)9(17(19)20)3-4-10(7)22-12(13,14)15/h3-4H,2,5H2,1H3. The number of carbonyl (C=O) groups excluding carboxylic acids is 1. The maximum absolute atomic E-state index is 12.3. The molecule has 0 bridgehead atoms. The molecule has 0 radical (unpaired) electrons. The van der Waals surface area contributed by atoms with Crippen molar-refractivity contribution in [3.8, 4) is 11.8 Å². The molecular formula is C12H9F3N2O5. The lowest BCUT2D eigenvalue weighted by molar-refractivity contribution is -0.385. The van der Waals surface area contributed by atoms with Crippen LogP contribution in [0, 0.1) is 21.4 Å². The summed E-state index contributed by atoms with van der Waals surface area (Å²) in [7, 11) is 0. The van der Waals surface area contributed by atoms with E-state index in [1.807, 2.05) is 0 Å². The Kier molecular flexibility index (Phi) is 5.28. The highest BCUT2D eigenvalue weighted by molar-refractivity contribution is 5.76. The predicted molar refractivity (Wildman–Crippen MR) is 64.8 cm³/mol. The van der Waals surface area contributed by atoms with Crippen molar-refractivity contribution in [2.45, 2.75) is 19.7 Å². The van der Waals surface area contributed by atoms with Crippen molar-refractivity contribution in [2.24, 2.45) is 0 Å². The zero-order chi connectivity index (χ0) is 16.9. The molecule has 1 aromatic rings. The average molecular weight is 318 g/mol. The molecule has 0 saturated heterocycles. The van der Waals surface area contributed by atoms with Gasteiger partial charge in [0.05, 0.1) is 18.0 Å². The van der Waals surface area contributed by atoms with E-state index < -0.39 is 46.2 Å². The summed E-state index contributed by atoms with van der Waals surface area (Å²) in [5.74, 6) is -1.80. The number of rotatable bonds is 5. The third kappa shape index (κ3) is 4.34. The van der Waals surface area contributed by atoms with Crippen LogP contribution in [-0.4, -0.2) is 23.9 Å². The molecule has 0 saturated carbocycles. The van der Waals surface area contributed by atoms with E-state index in [4.69, 9.17) is 5.26 Å². The molecule has 10 heteroatoms. The topological polar surface area (TPSA) is 102 Å². The molecule has 0 aliphatic rings. The van der Waals surface area contributed by atoms with E-state index >= 15 is 0 Å². The SMILES string of the molecule is CCOC(=O)Cc1c(OC(F)(F)F)ccc([N+](=O)[O-])c1C#N. The van der Waals surface area contributed by atoms with Gasteiger partial charge in [0.1, 0.15) is 17.4 Å². The van der Waals surface area contributed by atoms with Crippen molar-refractivity contribution in [1.29, 1.82) is 5.26 Å². The Morgan fingerprint density at radius 2 is 2.09 bits per heavy atom. The smallest absolute Gasteiger partial charge is 0.466 e. The summed E-state index contributed by atoms with van der Waals surface area (Å²) < 4.78 is 45.3. The number of carbonyl (C=O) groups is 1. The number of benzene rings is 1. The molecule has 0 aliphatic heterocycles. The molecule has 22 heavy (non-hydrogen) atoms. The number of esters is 1. The van der Waals surface area contributed by atoms with Crippen molar-refractivity contribution in [3.05, 3.63) is 33.4 Å². The van der Waals surface area contributed by atoms with E-state index in [0.29, 0.717) is 12.1 Å². The molecule has 7 nitrogen and oxygen atoms in total. The minimum atomic E-state index is -5.08. The minimum absolute atomic E-state index is 0.0366. The van der Waals surface area contributed by atoms with Crippen LogP contribution < -0.4 is 4.74 Å². The molecule has 0 aromatic heterocycles. The van der Waals surface area contributed by atoms with Gasteiger partial charge in [0.25, 0.3) is 5.69 Å². The van der Waals surface area contributed by atoms with Crippen molar-refractivity contribution >= 4 is 11.7 Å². The zero-order valence-corrected chi connectivity index (χ0v) is 11.1. The van der Waals surface area contributed by atoms with E-state index in [1.54, 1.807) is 0 Å². The van der Waals surface area contributed by atoms with Gasteiger partial charge >= 0.3 is 12.3 Å². The van der Waals surface area contributed by atoms with Gasteiger partial charge < -0.3 is 9.47 Å². The summed E-state index contributed by atoms with van der Waals surface area (Å²) in [6, 6.07) is 2.81. The van der Waals surface area contributed by atoms with Gasteiger partial charge in [-0.1, -0.05) is 0 Å². The summed E-state index contributed by atoms with van der Waals surface area (Å²) in [5, 5.41) is 19.8. The van der Waals surface area contributed by atoms with Gasteiger partial charge in [0.2, 0.25) is 0 Å². The summed E-state index contributed by atoms with van der Waals surface area (Å²) in [6.07, 6.45) is -5.84. The fraction of sp³-hybridized carbons (Fsp3) is 0.333. The van der Waals surface area contributed by atoms with Crippen LogP contribution in [0.3, 0.4) is 0 Å². The Morgan fingerprint density at radius 1 is 1.45 bits per heavy atom. The van der Waals surface area contributed by atoms with Crippen LogP contribution >= 0.6 is 0 Å². The first-order chi connectivity index (χ1) is 10.2. The van der Waals surface area contributed by atoms with Crippen molar-refractivity contribution < 1.29 is 32.4 Å². The first-order valence-electron chi connectivity index (χ1n) is 5.81. The Bertz CT molecular complexity index is 637. The molecule has 0 spiro atoms. The summed E-state index contributed by atoms with van der Waals surface area (Å²) in [4.78, 5) is 21.3. The first kappa shape index (κ1) is 17.2. The van der Waals surface area contributed by atoms with Crippen LogP contribution in [0.2, 0.25) is 0 Å². The van der Waals surface area contributed by atoms with Gasteiger partial charge in [-0.25, -0.2) is 0 Å². The van der Waals surface area contributed by atoms with Gasteiger partial charge in [-0.15, -0.1) is 13.2 Å². The molecular weight excluding hydrogens is 309 g/mol. The highest BCUT2D eigenvalue weighted by Gasteiger charge is 2.34. The second-order valence-electron chi connectivity index (χ2n) is 3.83. The second-order valence-corrected chi connectivity index (χ2v) is 3.83. The molecule has 0 aliphatic carbocycles. The Morgan fingerprint density at radius 3 is 2.55 bits per heavy atom. The van der Waals surface area contributed by atoms with E-state index in [-0.39, 0.29) is 6.61 Å². The highest BCUT2D eigenvalue weighted by Crippen LogP contribution is 2.33. The van der Waals surface area contributed by atoms with Crippen LogP contribution in [0.1, 0.15) is 18.1 Å². The van der Waals surface area contributed by atoms with Crippen LogP contribution in [-0.2, 0) is 16.0 Å². The van der Waals surface area contributed by atoms with Gasteiger partial charge in [0, 0.05) is 11.6 Å². The van der Waals surface area contributed by atoms with E-state index in [9.17, 15) is 28.1 Å². The quantitative estimate of drug-likeness (QED) is 0.469. The lowest BCUT2D eigenvalue weighted by Crippen LogP contribution is -2.20. The lowest BCUT2D eigenvalue weighted by Gasteiger charge is -2.14. The average Bonchev–Trinajstić information content (AvgIpc) is 2.38. The largest absolute Gasteiger partial charge is 0.573 e. The monoisotopic (exact) mass is 318 g/mol. The molecule has 0 heterocycles. The first-order valence-corrected chi connectivity index (χ1v) is 5.81. The number of nitrogens with zero attached hydrogens (tertiary/aromatic N) is 2. The molecule has 0 amide bonds. The van der Waals surface area contributed by atoms with Crippen LogP contribution in [0.5, 0.6) is 5.75 Å². The van der Waals surface area contributed by atoms with E-state index in [1.165, 1.54) is 13.0 Å². The van der Waals surface area contributed by atoms with Crippen LogP contribution in [0.15, 0.2) is 12.1 Å². The Labute approximate surface area is 122 Å². The number of nitriles is 1. The molecule has 1 rings (SSSR count). The number of nitro benzene ring substituents is 1. The highest BCUT2D eigenvalue weighted by atomic mass is 19.4. The van der Waals surface area contributed by atoms with Crippen molar-refractivity contribution in [2.75, 3.05) is 6.61 Å². The second kappa shape index (κ2) is 6.75. The number of halogens is 3. The van der Waals surface area contributed by atoms with Gasteiger partial charge in [0.15, 0.2) is 0 Å². The van der Waals surface area contributed by atoms with Crippen LogP contribution in [0.4, 0.5) is 18.9 Å². The maximum Gasteiger partial charge on any atom is 0.573 e. The fourth-order valence-electron chi connectivity index (χ4n) is 1.65. The predicted octanol–water partition coefficient (Wildman–Crippen LogP) is 2.47. The van der Waals surface area contributed by atoms with Gasteiger partial charge in [-0.2, -0.15) is 5.26 Å². The Hall–Kier alpha value is -2.83. The number of hydrogen-bond donors (Lipinski definition) is 0. The molecule has 0 atom stereocenters. The normalized spacial score (nSPS) is 10.7. The molecule has 1 aromatic carbocycles. The zero-order valence-electron chi connectivity index (χ0n) is 11.1. The van der Waals surface area contributed by atoms with Crippen molar-refractivity contribution in [3.63, 3.8) is 0 Å². The summed E-state index contributed by atoms with van der Waals surface area (Å²) in [6.45, 7) is 1.44. The third-order valence-electron chi connectivity index (χ3n) is 2.41. The lowest BCUT2D eigenvalue weighted by atomic mass is 10.0. The minimum Gasteiger partial charge on any atom is -0.466 e.